The summed E-state index contributed by atoms with van der Waals surface area (Å²) >= 11 is 0. The Hall–Kier alpha value is -3.88. The maximum atomic E-state index is 15.0. The van der Waals surface area contributed by atoms with Crippen molar-refractivity contribution in [3.63, 3.8) is 0 Å². The summed E-state index contributed by atoms with van der Waals surface area (Å²) in [6.45, 7) is 1.71. The maximum absolute atomic E-state index is 15.0. The summed E-state index contributed by atoms with van der Waals surface area (Å²) in [6, 6.07) is 8.25. The number of amides is 1. The Labute approximate surface area is 164 Å². The summed E-state index contributed by atoms with van der Waals surface area (Å²) in [4.78, 5) is 19.4. The van der Waals surface area contributed by atoms with Gasteiger partial charge in [-0.05, 0) is 25.1 Å². The molecule has 0 unspecified atom stereocenters. The van der Waals surface area contributed by atoms with Crippen molar-refractivity contribution in [3.8, 4) is 28.2 Å². The SMILES string of the molecule is Cc1nn(-c2ccccn2)cc1-c1ccc(-c2cnc(C(N)=O)n2C)c(F)c1F. The fraction of sp³-hybridized carbons (Fsp3) is 0.100. The van der Waals surface area contributed by atoms with E-state index >= 15 is 0 Å². The van der Waals surface area contributed by atoms with Gasteiger partial charge in [-0.1, -0.05) is 12.1 Å². The number of aromatic nitrogens is 5. The number of pyridine rings is 1. The van der Waals surface area contributed by atoms with Crippen molar-refractivity contribution < 1.29 is 13.6 Å². The molecule has 3 heterocycles. The zero-order valence-corrected chi connectivity index (χ0v) is 15.6. The lowest BCUT2D eigenvalue weighted by molar-refractivity contribution is 0.0987. The third-order valence-electron chi connectivity index (χ3n) is 4.64. The second kappa shape index (κ2) is 6.93. The highest BCUT2D eigenvalue weighted by Crippen LogP contribution is 2.33. The van der Waals surface area contributed by atoms with Gasteiger partial charge in [-0.15, -0.1) is 0 Å². The molecule has 2 N–H and O–H groups in total. The largest absolute Gasteiger partial charge is 0.363 e. The molecule has 1 amide bonds. The van der Waals surface area contributed by atoms with Crippen LogP contribution in [0.25, 0.3) is 28.2 Å². The normalized spacial score (nSPS) is 11.0. The summed E-state index contributed by atoms with van der Waals surface area (Å²) < 4.78 is 32.7. The fourth-order valence-electron chi connectivity index (χ4n) is 3.18. The number of aryl methyl sites for hydroxylation is 1. The van der Waals surface area contributed by atoms with Crippen LogP contribution in [-0.4, -0.2) is 30.2 Å². The molecule has 0 fully saturated rings. The van der Waals surface area contributed by atoms with Crippen LogP contribution in [0.2, 0.25) is 0 Å². The predicted molar refractivity (Wildman–Crippen MR) is 102 cm³/mol. The van der Waals surface area contributed by atoms with Gasteiger partial charge >= 0.3 is 0 Å². The van der Waals surface area contributed by atoms with Crippen molar-refractivity contribution in [1.29, 1.82) is 0 Å². The predicted octanol–water partition coefficient (Wildman–Crippen LogP) is 3.02. The minimum Gasteiger partial charge on any atom is -0.363 e. The number of nitrogens with two attached hydrogens (primary N) is 1. The van der Waals surface area contributed by atoms with Gasteiger partial charge in [-0.3, -0.25) is 4.79 Å². The molecule has 4 rings (SSSR count). The van der Waals surface area contributed by atoms with Crippen LogP contribution in [0.5, 0.6) is 0 Å². The van der Waals surface area contributed by atoms with Gasteiger partial charge in [-0.2, -0.15) is 5.10 Å². The molecule has 0 atom stereocenters. The van der Waals surface area contributed by atoms with Crippen molar-refractivity contribution >= 4 is 5.91 Å². The minimum absolute atomic E-state index is 0.0245. The number of nitrogens with zero attached hydrogens (tertiary/aromatic N) is 5. The van der Waals surface area contributed by atoms with Gasteiger partial charge in [0, 0.05) is 36.1 Å². The van der Waals surface area contributed by atoms with Crippen molar-refractivity contribution in [2.75, 3.05) is 0 Å². The topological polar surface area (TPSA) is 91.6 Å². The summed E-state index contributed by atoms with van der Waals surface area (Å²) in [5.41, 5.74) is 6.49. The standard InChI is InChI=1S/C20H16F2N6O/c1-11-14(10-28(26-11)16-5-3-4-8-24-16)12-6-7-13(18(22)17(12)21)15-9-25-20(19(23)29)27(15)2/h3-10H,1-2H3,(H2,23,29). The van der Waals surface area contributed by atoms with Crippen LogP contribution in [-0.2, 0) is 7.05 Å². The van der Waals surface area contributed by atoms with Gasteiger partial charge in [-0.25, -0.2) is 23.4 Å². The second-order valence-electron chi connectivity index (χ2n) is 6.44. The number of rotatable bonds is 4. The van der Waals surface area contributed by atoms with E-state index in [-0.39, 0.29) is 22.6 Å². The van der Waals surface area contributed by atoms with Crippen molar-refractivity contribution in [3.05, 3.63) is 72.1 Å². The number of halogens is 2. The highest BCUT2D eigenvalue weighted by Gasteiger charge is 2.22. The first-order chi connectivity index (χ1) is 13.9. The van der Waals surface area contributed by atoms with Crippen LogP contribution < -0.4 is 5.73 Å². The van der Waals surface area contributed by atoms with Gasteiger partial charge in [0.15, 0.2) is 23.3 Å². The molecular weight excluding hydrogens is 378 g/mol. The Morgan fingerprint density at radius 1 is 1.03 bits per heavy atom. The van der Waals surface area contributed by atoms with Crippen LogP contribution in [0.1, 0.15) is 16.3 Å². The molecule has 0 radical (unpaired) electrons. The first-order valence-corrected chi connectivity index (χ1v) is 8.66. The van der Waals surface area contributed by atoms with Gasteiger partial charge in [0.1, 0.15) is 0 Å². The molecule has 7 nitrogen and oxygen atoms in total. The number of carbonyl (C=O) groups is 1. The first-order valence-electron chi connectivity index (χ1n) is 8.66. The van der Waals surface area contributed by atoms with Gasteiger partial charge in [0.05, 0.1) is 17.6 Å². The Bertz CT molecular complexity index is 1230. The molecule has 0 saturated heterocycles. The molecule has 146 valence electrons. The number of carbonyl (C=O) groups excluding carboxylic acids is 1. The van der Waals surface area contributed by atoms with Crippen LogP contribution in [0.3, 0.4) is 0 Å². The molecule has 0 bridgehead atoms. The average molecular weight is 394 g/mol. The number of imidazole rings is 1. The molecule has 1 aromatic carbocycles. The lowest BCUT2D eigenvalue weighted by Crippen LogP contribution is -2.17. The lowest BCUT2D eigenvalue weighted by Gasteiger charge is -2.09. The van der Waals surface area contributed by atoms with Crippen LogP contribution in [0, 0.1) is 18.6 Å². The van der Waals surface area contributed by atoms with E-state index < -0.39 is 17.5 Å². The average Bonchev–Trinajstić information content (AvgIpc) is 3.28. The molecule has 3 aromatic heterocycles. The number of primary amides is 1. The van der Waals surface area contributed by atoms with E-state index in [1.807, 2.05) is 6.07 Å². The van der Waals surface area contributed by atoms with Gasteiger partial charge in [0.25, 0.3) is 5.91 Å². The molecule has 4 aromatic rings. The Balaban J connectivity index is 1.79. The third kappa shape index (κ3) is 3.06. The van der Waals surface area contributed by atoms with Gasteiger partial charge in [0.2, 0.25) is 0 Å². The highest BCUT2D eigenvalue weighted by molar-refractivity contribution is 5.90. The summed E-state index contributed by atoms with van der Waals surface area (Å²) in [5.74, 6) is -2.31. The summed E-state index contributed by atoms with van der Waals surface area (Å²) in [5, 5.41) is 4.35. The fourth-order valence-corrected chi connectivity index (χ4v) is 3.18. The van der Waals surface area contributed by atoms with Crippen molar-refractivity contribution in [1.82, 2.24) is 24.3 Å². The number of benzene rings is 1. The van der Waals surface area contributed by atoms with Crippen LogP contribution >= 0.6 is 0 Å². The van der Waals surface area contributed by atoms with E-state index in [1.54, 1.807) is 31.5 Å². The molecule has 0 aliphatic heterocycles. The monoisotopic (exact) mass is 394 g/mol. The summed E-state index contributed by atoms with van der Waals surface area (Å²) in [7, 11) is 1.51. The molecule has 0 saturated carbocycles. The minimum atomic E-state index is -1.05. The lowest BCUT2D eigenvalue weighted by atomic mass is 10.0. The van der Waals surface area contributed by atoms with Crippen molar-refractivity contribution in [2.45, 2.75) is 6.92 Å². The molecule has 9 heteroatoms. The number of hydrogen-bond donors (Lipinski definition) is 1. The Morgan fingerprint density at radius 2 is 1.76 bits per heavy atom. The Morgan fingerprint density at radius 3 is 2.41 bits per heavy atom. The quantitative estimate of drug-likeness (QED) is 0.576. The number of hydrogen-bond acceptors (Lipinski definition) is 4. The van der Waals surface area contributed by atoms with Crippen LogP contribution in [0.15, 0.2) is 48.9 Å². The molecule has 29 heavy (non-hydrogen) atoms. The zero-order valence-electron chi connectivity index (χ0n) is 15.6. The molecule has 0 aliphatic rings. The van der Waals surface area contributed by atoms with E-state index in [9.17, 15) is 13.6 Å². The van der Waals surface area contributed by atoms with E-state index in [4.69, 9.17) is 5.73 Å². The molecule has 0 aliphatic carbocycles. The van der Waals surface area contributed by atoms with E-state index in [1.165, 1.54) is 34.6 Å². The van der Waals surface area contributed by atoms with Crippen LogP contribution in [0.4, 0.5) is 8.78 Å². The van der Waals surface area contributed by atoms with Gasteiger partial charge < -0.3 is 10.3 Å². The summed E-state index contributed by atoms with van der Waals surface area (Å²) in [6.07, 6.45) is 4.50. The molecule has 0 spiro atoms. The third-order valence-corrected chi connectivity index (χ3v) is 4.64. The Kier molecular flexibility index (Phi) is 4.42. The zero-order chi connectivity index (χ0) is 20.7. The highest BCUT2D eigenvalue weighted by atomic mass is 19.2. The van der Waals surface area contributed by atoms with E-state index in [2.05, 4.69) is 15.1 Å². The molecular formula is C20H16F2N6O. The van der Waals surface area contributed by atoms with Crippen molar-refractivity contribution in [2.24, 2.45) is 12.8 Å². The second-order valence-corrected chi connectivity index (χ2v) is 6.44. The maximum Gasteiger partial charge on any atom is 0.284 e. The van der Waals surface area contributed by atoms with E-state index in [0.29, 0.717) is 17.1 Å². The first kappa shape index (κ1) is 18.5. The van der Waals surface area contributed by atoms with E-state index in [0.717, 1.165) is 0 Å². The smallest absolute Gasteiger partial charge is 0.284 e.